The summed E-state index contributed by atoms with van der Waals surface area (Å²) in [5.41, 5.74) is 6.58. The number of hydrogen-bond donors (Lipinski definition) is 2. The number of hydrogen-bond acceptors (Lipinski definition) is 1. The average molecular weight is 270 g/mol. The number of benzene rings is 1. The van der Waals surface area contributed by atoms with Crippen LogP contribution in [0.4, 0.5) is 13.2 Å². The summed E-state index contributed by atoms with van der Waals surface area (Å²) in [5, 5.41) is 0.629. The second kappa shape index (κ2) is 4.89. The second-order valence-corrected chi connectivity index (χ2v) is 4.97. The highest BCUT2D eigenvalue weighted by atomic mass is 19.4. The molecule has 3 N–H and O–H groups in total. The Morgan fingerprint density at radius 1 is 1.26 bits per heavy atom. The van der Waals surface area contributed by atoms with Crippen LogP contribution in [0.1, 0.15) is 36.6 Å². The molecular weight excluding hydrogens is 253 g/mol. The SMILES string of the molecule is CC(C)c1ccc2[nH]c(C(F)(F)F)c(CCN)c2c1. The number of fused-ring (bicyclic) bond motifs is 1. The largest absolute Gasteiger partial charge is 0.431 e. The van der Waals surface area contributed by atoms with Crippen molar-refractivity contribution in [3.8, 4) is 0 Å². The van der Waals surface area contributed by atoms with Gasteiger partial charge in [0.2, 0.25) is 0 Å². The number of rotatable bonds is 3. The van der Waals surface area contributed by atoms with Crippen LogP contribution < -0.4 is 5.73 Å². The van der Waals surface area contributed by atoms with Gasteiger partial charge in [-0.25, -0.2) is 0 Å². The van der Waals surface area contributed by atoms with Crippen molar-refractivity contribution in [1.29, 1.82) is 0 Å². The average Bonchev–Trinajstić information content (AvgIpc) is 2.68. The van der Waals surface area contributed by atoms with Crippen LogP contribution in [0, 0.1) is 0 Å². The van der Waals surface area contributed by atoms with Gasteiger partial charge < -0.3 is 10.7 Å². The van der Waals surface area contributed by atoms with Gasteiger partial charge in [0.05, 0.1) is 0 Å². The first-order chi connectivity index (χ1) is 8.84. The van der Waals surface area contributed by atoms with Crippen molar-refractivity contribution in [2.45, 2.75) is 32.4 Å². The predicted molar refractivity (Wildman–Crippen MR) is 70.1 cm³/mol. The first-order valence-electron chi connectivity index (χ1n) is 6.26. The second-order valence-electron chi connectivity index (χ2n) is 4.97. The lowest BCUT2D eigenvalue weighted by molar-refractivity contribution is -0.141. The van der Waals surface area contributed by atoms with E-state index in [9.17, 15) is 13.2 Å². The minimum atomic E-state index is -4.37. The van der Waals surface area contributed by atoms with Crippen molar-refractivity contribution < 1.29 is 13.2 Å². The fraction of sp³-hybridized carbons (Fsp3) is 0.429. The van der Waals surface area contributed by atoms with Crippen molar-refractivity contribution in [3.63, 3.8) is 0 Å². The van der Waals surface area contributed by atoms with Crippen molar-refractivity contribution in [2.24, 2.45) is 5.73 Å². The van der Waals surface area contributed by atoms with Gasteiger partial charge in [-0.2, -0.15) is 13.2 Å². The lowest BCUT2D eigenvalue weighted by atomic mass is 9.99. The van der Waals surface area contributed by atoms with E-state index >= 15 is 0 Å². The number of nitrogens with one attached hydrogen (secondary N) is 1. The maximum Gasteiger partial charge on any atom is 0.431 e. The molecule has 1 aromatic heterocycles. The van der Waals surface area contributed by atoms with Gasteiger partial charge >= 0.3 is 6.18 Å². The molecule has 0 amide bonds. The molecule has 2 rings (SSSR count). The highest BCUT2D eigenvalue weighted by molar-refractivity contribution is 5.85. The van der Waals surface area contributed by atoms with E-state index < -0.39 is 11.9 Å². The molecule has 0 aliphatic carbocycles. The highest BCUT2D eigenvalue weighted by Crippen LogP contribution is 2.36. The molecule has 19 heavy (non-hydrogen) atoms. The topological polar surface area (TPSA) is 41.8 Å². The Labute approximate surface area is 109 Å². The summed E-state index contributed by atoms with van der Waals surface area (Å²) in [6.07, 6.45) is -4.15. The molecule has 0 radical (unpaired) electrons. The van der Waals surface area contributed by atoms with E-state index in [1.54, 1.807) is 6.07 Å². The van der Waals surface area contributed by atoms with Crippen LogP contribution in [0.25, 0.3) is 10.9 Å². The number of aromatic nitrogens is 1. The van der Waals surface area contributed by atoms with Crippen LogP contribution in [0.2, 0.25) is 0 Å². The van der Waals surface area contributed by atoms with Crippen molar-refractivity contribution in [3.05, 3.63) is 35.0 Å². The van der Waals surface area contributed by atoms with Crippen LogP contribution in [-0.2, 0) is 12.6 Å². The predicted octanol–water partition coefficient (Wildman–Crippen LogP) is 3.81. The molecule has 0 fully saturated rings. The molecule has 0 atom stereocenters. The minimum absolute atomic E-state index is 0.196. The van der Waals surface area contributed by atoms with Crippen LogP contribution in [-0.4, -0.2) is 11.5 Å². The summed E-state index contributed by atoms with van der Waals surface area (Å²) in [5.74, 6) is 0.277. The molecule has 0 bridgehead atoms. The minimum Gasteiger partial charge on any atom is -0.351 e. The van der Waals surface area contributed by atoms with Gasteiger partial charge in [0.1, 0.15) is 5.69 Å². The van der Waals surface area contributed by atoms with E-state index in [4.69, 9.17) is 5.73 Å². The summed E-state index contributed by atoms with van der Waals surface area (Å²) in [7, 11) is 0. The third-order valence-corrected chi connectivity index (χ3v) is 3.27. The van der Waals surface area contributed by atoms with Gasteiger partial charge in [-0.1, -0.05) is 19.9 Å². The number of alkyl halides is 3. The van der Waals surface area contributed by atoms with Crippen LogP contribution in [0.5, 0.6) is 0 Å². The maximum atomic E-state index is 13.0. The monoisotopic (exact) mass is 270 g/mol. The van der Waals surface area contributed by atoms with E-state index in [2.05, 4.69) is 4.98 Å². The van der Waals surface area contributed by atoms with Gasteiger partial charge in [0, 0.05) is 10.9 Å². The Balaban J connectivity index is 2.68. The van der Waals surface area contributed by atoms with E-state index in [1.165, 1.54) is 0 Å². The Morgan fingerprint density at radius 3 is 2.47 bits per heavy atom. The molecule has 5 heteroatoms. The highest BCUT2D eigenvalue weighted by Gasteiger charge is 2.36. The van der Waals surface area contributed by atoms with Crippen molar-refractivity contribution >= 4 is 10.9 Å². The Hall–Kier alpha value is -1.49. The van der Waals surface area contributed by atoms with Gasteiger partial charge in [-0.15, -0.1) is 0 Å². The van der Waals surface area contributed by atoms with Crippen LogP contribution in [0.15, 0.2) is 18.2 Å². The molecule has 2 aromatic rings. The summed E-state index contributed by atoms with van der Waals surface area (Å²) >= 11 is 0. The zero-order valence-corrected chi connectivity index (χ0v) is 10.9. The van der Waals surface area contributed by atoms with Gasteiger partial charge in [-0.05, 0) is 42.1 Å². The summed E-state index contributed by atoms with van der Waals surface area (Å²) < 4.78 is 39.0. The van der Waals surface area contributed by atoms with Crippen molar-refractivity contribution in [1.82, 2.24) is 4.98 Å². The normalized spacial score (nSPS) is 12.6. The number of nitrogens with two attached hydrogens (primary N) is 1. The van der Waals surface area contributed by atoms with E-state index in [1.807, 2.05) is 26.0 Å². The number of aromatic amines is 1. The number of halogens is 3. The standard InChI is InChI=1S/C14H17F3N2/c1-8(2)9-3-4-12-11(7-9)10(5-6-18)13(19-12)14(15,16)17/h3-4,7-8,19H,5-6,18H2,1-2H3. The zero-order valence-electron chi connectivity index (χ0n) is 10.9. The Kier molecular flexibility index (Phi) is 3.58. The lowest BCUT2D eigenvalue weighted by Gasteiger charge is -2.08. The fourth-order valence-electron chi connectivity index (χ4n) is 2.27. The molecule has 0 unspecified atom stereocenters. The van der Waals surface area contributed by atoms with Gasteiger partial charge in [-0.3, -0.25) is 0 Å². The third kappa shape index (κ3) is 2.61. The van der Waals surface area contributed by atoms with Crippen LogP contribution in [0.3, 0.4) is 0 Å². The summed E-state index contributed by atoms with van der Waals surface area (Å²) in [4.78, 5) is 2.47. The quantitative estimate of drug-likeness (QED) is 0.875. The first-order valence-corrected chi connectivity index (χ1v) is 6.26. The molecule has 1 aromatic carbocycles. The van der Waals surface area contributed by atoms with Gasteiger partial charge in [0.25, 0.3) is 0 Å². The Morgan fingerprint density at radius 2 is 1.95 bits per heavy atom. The number of H-pyrrole nitrogens is 1. The Bertz CT molecular complexity index is 582. The van der Waals surface area contributed by atoms with E-state index in [0.717, 1.165) is 5.56 Å². The van der Waals surface area contributed by atoms with Crippen LogP contribution >= 0.6 is 0 Å². The van der Waals surface area contributed by atoms with E-state index in [-0.39, 0.29) is 24.4 Å². The molecule has 0 aliphatic heterocycles. The molecule has 0 saturated heterocycles. The summed E-state index contributed by atoms with van der Waals surface area (Å²) in [6, 6.07) is 5.40. The van der Waals surface area contributed by atoms with Gasteiger partial charge in [0.15, 0.2) is 0 Å². The lowest BCUT2D eigenvalue weighted by Crippen LogP contribution is -2.11. The summed E-state index contributed by atoms with van der Waals surface area (Å²) in [6.45, 7) is 4.23. The molecular formula is C14H17F3N2. The molecule has 0 saturated carbocycles. The van der Waals surface area contributed by atoms with Crippen molar-refractivity contribution in [2.75, 3.05) is 6.54 Å². The zero-order chi connectivity index (χ0) is 14.2. The smallest absolute Gasteiger partial charge is 0.351 e. The van der Waals surface area contributed by atoms with E-state index in [0.29, 0.717) is 10.9 Å². The molecule has 104 valence electrons. The maximum absolute atomic E-state index is 13.0. The molecule has 0 aliphatic rings. The molecule has 2 nitrogen and oxygen atoms in total. The molecule has 0 spiro atoms. The fourth-order valence-corrected chi connectivity index (χ4v) is 2.27. The third-order valence-electron chi connectivity index (χ3n) is 3.27. The first kappa shape index (κ1) is 13.9. The molecule has 1 heterocycles.